The fourth-order valence-corrected chi connectivity index (χ4v) is 2.74. The first-order valence-electron chi connectivity index (χ1n) is 4.57. The summed E-state index contributed by atoms with van der Waals surface area (Å²) in [5.41, 5.74) is -0.234. The van der Waals surface area contributed by atoms with Crippen molar-refractivity contribution in [2.45, 2.75) is 17.8 Å². The molecule has 88 valence electrons. The van der Waals surface area contributed by atoms with E-state index in [-0.39, 0.29) is 10.3 Å². The van der Waals surface area contributed by atoms with Crippen molar-refractivity contribution in [1.82, 2.24) is 0 Å². The molecule has 0 aromatic heterocycles. The molecule has 0 saturated carbocycles. The van der Waals surface area contributed by atoms with E-state index in [0.29, 0.717) is 5.56 Å². The minimum atomic E-state index is -4.45. The second-order valence-corrected chi connectivity index (χ2v) is 5.61. The summed E-state index contributed by atoms with van der Waals surface area (Å²) in [6, 6.07) is 2.63. The zero-order valence-corrected chi connectivity index (χ0v) is 10.3. The van der Waals surface area contributed by atoms with E-state index in [9.17, 15) is 13.2 Å². The predicted octanol–water partition coefficient (Wildman–Crippen LogP) is 5.19. The van der Waals surface area contributed by atoms with Crippen molar-refractivity contribution >= 4 is 35.0 Å². The molecule has 16 heavy (non-hydrogen) atoms. The van der Waals surface area contributed by atoms with Crippen LogP contribution in [-0.2, 0) is 6.18 Å². The Morgan fingerprint density at radius 2 is 1.88 bits per heavy atom. The highest BCUT2D eigenvalue weighted by Crippen LogP contribution is 2.46. The van der Waals surface area contributed by atoms with Crippen LogP contribution < -0.4 is 0 Å². The lowest BCUT2D eigenvalue weighted by Crippen LogP contribution is -2.11. The Hall–Kier alpha value is -0.0600. The molecule has 0 N–H and O–H groups in total. The summed E-state index contributed by atoms with van der Waals surface area (Å²) in [6.07, 6.45) is -3.56. The van der Waals surface area contributed by atoms with Gasteiger partial charge in [0.1, 0.15) is 0 Å². The van der Waals surface area contributed by atoms with Crippen molar-refractivity contribution in [3.63, 3.8) is 0 Å². The summed E-state index contributed by atoms with van der Waals surface area (Å²) in [7, 11) is 0. The van der Waals surface area contributed by atoms with Gasteiger partial charge < -0.3 is 0 Å². The highest BCUT2D eigenvalue weighted by atomic mass is 35.5. The predicted molar refractivity (Wildman–Crippen MR) is 61.3 cm³/mol. The maximum absolute atomic E-state index is 12.6. The average molecular weight is 287 g/mol. The molecule has 0 spiro atoms. The minimum absolute atomic E-state index is 0.0287. The zero-order chi connectivity index (χ0) is 11.9. The van der Waals surface area contributed by atoms with Gasteiger partial charge in [0.05, 0.1) is 15.6 Å². The van der Waals surface area contributed by atoms with Gasteiger partial charge in [0.2, 0.25) is 0 Å². The summed E-state index contributed by atoms with van der Waals surface area (Å²) >= 11 is 12.9. The second kappa shape index (κ2) is 4.31. The Bertz CT molecular complexity index is 413. The van der Waals surface area contributed by atoms with E-state index in [1.807, 2.05) is 0 Å². The molecule has 1 heterocycles. The number of hydrogen-bond acceptors (Lipinski definition) is 1. The Kier molecular flexibility index (Phi) is 3.34. The van der Waals surface area contributed by atoms with Crippen molar-refractivity contribution in [3.05, 3.63) is 33.3 Å². The van der Waals surface area contributed by atoms with Gasteiger partial charge in [-0.1, -0.05) is 23.2 Å². The second-order valence-electron chi connectivity index (χ2n) is 3.51. The van der Waals surface area contributed by atoms with Gasteiger partial charge >= 0.3 is 6.18 Å². The first-order chi connectivity index (χ1) is 7.39. The summed E-state index contributed by atoms with van der Waals surface area (Å²) in [4.78, 5) is 0. The fourth-order valence-electron chi connectivity index (χ4n) is 1.50. The Labute approximate surface area is 105 Å². The van der Waals surface area contributed by atoms with Crippen LogP contribution in [0.5, 0.6) is 0 Å². The standard InChI is InChI=1S/C10H7Cl2F3S/c11-7-4-5(8-1-2-16-8)3-6(9(7)12)10(13,14)15/h3-4,8H,1-2H2. The van der Waals surface area contributed by atoms with Crippen LogP contribution in [0.1, 0.15) is 22.8 Å². The summed E-state index contributed by atoms with van der Waals surface area (Å²) in [5, 5.41) is -0.322. The largest absolute Gasteiger partial charge is 0.417 e. The van der Waals surface area contributed by atoms with Crippen LogP contribution >= 0.6 is 35.0 Å². The van der Waals surface area contributed by atoms with Gasteiger partial charge in [-0.15, -0.1) is 0 Å². The quantitative estimate of drug-likeness (QED) is 0.685. The van der Waals surface area contributed by atoms with E-state index in [4.69, 9.17) is 23.2 Å². The van der Waals surface area contributed by atoms with Crippen LogP contribution in [0.15, 0.2) is 12.1 Å². The van der Waals surface area contributed by atoms with E-state index in [2.05, 4.69) is 0 Å². The van der Waals surface area contributed by atoms with Crippen LogP contribution in [0.25, 0.3) is 0 Å². The highest BCUT2D eigenvalue weighted by Gasteiger charge is 2.35. The summed E-state index contributed by atoms with van der Waals surface area (Å²) in [5.74, 6) is 0.978. The van der Waals surface area contributed by atoms with Crippen LogP contribution in [0.2, 0.25) is 10.0 Å². The monoisotopic (exact) mass is 286 g/mol. The van der Waals surface area contributed by atoms with E-state index >= 15 is 0 Å². The van der Waals surface area contributed by atoms with Crippen LogP contribution in [0, 0.1) is 0 Å². The van der Waals surface area contributed by atoms with Crippen LogP contribution in [-0.4, -0.2) is 5.75 Å². The number of rotatable bonds is 1. The van der Waals surface area contributed by atoms with Crippen molar-refractivity contribution in [3.8, 4) is 0 Å². The molecular formula is C10H7Cl2F3S. The van der Waals surface area contributed by atoms with Crippen LogP contribution in [0.3, 0.4) is 0 Å². The molecule has 0 radical (unpaired) electrons. The van der Waals surface area contributed by atoms with Gasteiger partial charge in [-0.25, -0.2) is 0 Å². The van der Waals surface area contributed by atoms with E-state index < -0.39 is 16.8 Å². The maximum Gasteiger partial charge on any atom is 0.417 e. The van der Waals surface area contributed by atoms with E-state index in [1.54, 1.807) is 11.8 Å². The third kappa shape index (κ3) is 2.29. The highest BCUT2D eigenvalue weighted by molar-refractivity contribution is 8.00. The number of thioether (sulfide) groups is 1. The van der Waals surface area contributed by atoms with Gasteiger partial charge in [-0.3, -0.25) is 0 Å². The topological polar surface area (TPSA) is 0 Å². The number of halogens is 5. The molecule has 6 heteroatoms. The van der Waals surface area contributed by atoms with Crippen LogP contribution in [0.4, 0.5) is 13.2 Å². The molecule has 0 amide bonds. The third-order valence-corrected chi connectivity index (χ3v) is 4.61. The van der Waals surface area contributed by atoms with Crippen molar-refractivity contribution in [1.29, 1.82) is 0 Å². The van der Waals surface area contributed by atoms with E-state index in [1.165, 1.54) is 6.07 Å². The van der Waals surface area contributed by atoms with Gasteiger partial charge in [-0.05, 0) is 29.9 Å². The maximum atomic E-state index is 12.6. The SMILES string of the molecule is FC(F)(F)c1cc(C2CCS2)cc(Cl)c1Cl. The third-order valence-electron chi connectivity index (χ3n) is 2.43. The Balaban J connectivity index is 2.46. The molecule has 0 nitrogen and oxygen atoms in total. The number of hydrogen-bond donors (Lipinski definition) is 0. The molecule has 1 aromatic rings. The molecule has 2 rings (SSSR count). The molecule has 1 saturated heterocycles. The van der Waals surface area contributed by atoms with Crippen molar-refractivity contribution in [2.24, 2.45) is 0 Å². The van der Waals surface area contributed by atoms with Gasteiger partial charge in [-0.2, -0.15) is 24.9 Å². The van der Waals surface area contributed by atoms with E-state index in [0.717, 1.165) is 18.2 Å². The van der Waals surface area contributed by atoms with Crippen molar-refractivity contribution < 1.29 is 13.2 Å². The molecule has 1 fully saturated rings. The fraction of sp³-hybridized carbons (Fsp3) is 0.400. The molecule has 0 aliphatic carbocycles. The smallest absolute Gasteiger partial charge is 0.166 e. The summed E-state index contributed by atoms with van der Waals surface area (Å²) < 4.78 is 37.9. The van der Waals surface area contributed by atoms with Gasteiger partial charge in [0.15, 0.2) is 0 Å². The Morgan fingerprint density at radius 3 is 2.31 bits per heavy atom. The van der Waals surface area contributed by atoms with Crippen molar-refractivity contribution in [2.75, 3.05) is 5.75 Å². The zero-order valence-electron chi connectivity index (χ0n) is 7.94. The summed E-state index contributed by atoms with van der Waals surface area (Å²) in [6.45, 7) is 0. The molecule has 0 bridgehead atoms. The van der Waals surface area contributed by atoms with Gasteiger partial charge in [0.25, 0.3) is 0 Å². The molecule has 1 aliphatic heterocycles. The minimum Gasteiger partial charge on any atom is -0.166 e. The Morgan fingerprint density at radius 1 is 1.25 bits per heavy atom. The molecule has 1 unspecified atom stereocenters. The lowest BCUT2D eigenvalue weighted by Gasteiger charge is -2.26. The number of alkyl halides is 3. The first-order valence-corrected chi connectivity index (χ1v) is 6.38. The lowest BCUT2D eigenvalue weighted by atomic mass is 10.1. The molecular weight excluding hydrogens is 280 g/mol. The molecule has 1 aliphatic rings. The lowest BCUT2D eigenvalue weighted by molar-refractivity contribution is -0.137. The normalized spacial score (nSPS) is 20.7. The number of benzene rings is 1. The van der Waals surface area contributed by atoms with Gasteiger partial charge in [0, 0.05) is 5.25 Å². The average Bonchev–Trinajstić information content (AvgIpc) is 2.05. The first kappa shape index (κ1) is 12.4. The molecule has 1 atom stereocenters. The molecule has 1 aromatic carbocycles.